The Morgan fingerprint density at radius 3 is 2.21 bits per heavy atom. The van der Waals surface area contributed by atoms with Crippen molar-refractivity contribution in [3.63, 3.8) is 0 Å². The molecule has 33 heavy (non-hydrogen) atoms. The lowest BCUT2D eigenvalue weighted by Crippen LogP contribution is -2.22. The van der Waals surface area contributed by atoms with Crippen molar-refractivity contribution in [3.8, 4) is 5.75 Å². The van der Waals surface area contributed by atoms with E-state index in [9.17, 15) is 9.59 Å². The molecule has 3 aromatic rings. The zero-order valence-electron chi connectivity index (χ0n) is 19.1. The molecule has 0 fully saturated rings. The molecular formula is C27H31N3O3. The molecule has 3 N–H and O–H groups in total. The molecule has 0 saturated heterocycles. The summed E-state index contributed by atoms with van der Waals surface area (Å²) in [5.41, 5.74) is 3.16. The second-order valence-electron chi connectivity index (χ2n) is 8.22. The van der Waals surface area contributed by atoms with E-state index in [2.05, 4.69) is 29.8 Å². The van der Waals surface area contributed by atoms with Crippen LogP contribution in [0.3, 0.4) is 0 Å². The number of carbonyl (C=O) groups is 2. The van der Waals surface area contributed by atoms with Crippen LogP contribution < -0.4 is 20.7 Å². The molecule has 3 rings (SSSR count). The van der Waals surface area contributed by atoms with Crippen LogP contribution in [0.2, 0.25) is 0 Å². The summed E-state index contributed by atoms with van der Waals surface area (Å²) in [5.74, 6) is 0.870. The lowest BCUT2D eigenvalue weighted by molar-refractivity contribution is -0.116. The summed E-state index contributed by atoms with van der Waals surface area (Å²) in [5, 5.41) is 8.88. The van der Waals surface area contributed by atoms with Gasteiger partial charge in [-0.05, 0) is 48.2 Å². The third kappa shape index (κ3) is 8.33. The molecule has 6 nitrogen and oxygen atoms in total. The van der Waals surface area contributed by atoms with Crippen molar-refractivity contribution in [2.75, 3.05) is 29.1 Å². The Morgan fingerprint density at radius 1 is 0.818 bits per heavy atom. The Kier molecular flexibility index (Phi) is 8.88. The van der Waals surface area contributed by atoms with Crippen LogP contribution in [0.25, 0.3) is 0 Å². The summed E-state index contributed by atoms with van der Waals surface area (Å²) in [6.45, 7) is 4.87. The van der Waals surface area contributed by atoms with Gasteiger partial charge in [0, 0.05) is 17.8 Å². The van der Waals surface area contributed by atoms with E-state index in [1.54, 1.807) is 24.3 Å². The predicted octanol–water partition coefficient (Wildman–Crippen LogP) is 5.34. The first-order valence-corrected chi connectivity index (χ1v) is 11.2. The number of rotatable bonds is 11. The smallest absolute Gasteiger partial charge is 0.243 e. The molecule has 2 amide bonds. The molecule has 0 unspecified atom stereocenters. The number of anilines is 3. The number of hydrogen-bond acceptors (Lipinski definition) is 4. The Hall–Kier alpha value is -3.80. The van der Waals surface area contributed by atoms with E-state index in [4.69, 9.17) is 4.74 Å². The number of para-hydroxylation sites is 2. The van der Waals surface area contributed by atoms with Crippen molar-refractivity contribution < 1.29 is 14.3 Å². The molecule has 0 spiro atoms. The molecule has 0 aromatic heterocycles. The molecule has 0 atom stereocenters. The van der Waals surface area contributed by atoms with E-state index >= 15 is 0 Å². The van der Waals surface area contributed by atoms with Gasteiger partial charge in [0.1, 0.15) is 5.75 Å². The van der Waals surface area contributed by atoms with Gasteiger partial charge in [-0.3, -0.25) is 9.59 Å². The third-order valence-electron chi connectivity index (χ3n) is 4.81. The first-order valence-electron chi connectivity index (χ1n) is 11.2. The first kappa shape index (κ1) is 23.9. The number of carbonyl (C=O) groups excluding carboxylic acids is 2. The third-order valence-corrected chi connectivity index (χ3v) is 4.81. The Balaban J connectivity index is 1.49. The van der Waals surface area contributed by atoms with E-state index in [1.807, 2.05) is 54.6 Å². The van der Waals surface area contributed by atoms with Crippen LogP contribution in [0.1, 0.15) is 25.8 Å². The van der Waals surface area contributed by atoms with Gasteiger partial charge < -0.3 is 20.7 Å². The van der Waals surface area contributed by atoms with Crippen molar-refractivity contribution in [2.45, 2.75) is 26.7 Å². The molecule has 0 radical (unpaired) electrons. The zero-order valence-corrected chi connectivity index (χ0v) is 19.1. The van der Waals surface area contributed by atoms with Crippen molar-refractivity contribution in [2.24, 2.45) is 5.92 Å². The molecule has 0 bridgehead atoms. The largest absolute Gasteiger partial charge is 0.491 e. The van der Waals surface area contributed by atoms with Gasteiger partial charge in [-0.15, -0.1) is 0 Å². The van der Waals surface area contributed by atoms with Gasteiger partial charge in [-0.2, -0.15) is 0 Å². The summed E-state index contributed by atoms with van der Waals surface area (Å²) < 4.78 is 5.82. The first-order chi connectivity index (χ1) is 16.0. The highest BCUT2D eigenvalue weighted by Crippen LogP contribution is 2.24. The quantitative estimate of drug-likeness (QED) is 0.372. The molecule has 6 heteroatoms. The number of benzene rings is 3. The minimum absolute atomic E-state index is 0.0676. The fourth-order valence-corrected chi connectivity index (χ4v) is 3.18. The van der Waals surface area contributed by atoms with Gasteiger partial charge in [-0.25, -0.2) is 0 Å². The van der Waals surface area contributed by atoms with Crippen LogP contribution in [0.4, 0.5) is 17.1 Å². The van der Waals surface area contributed by atoms with Gasteiger partial charge in [0.15, 0.2) is 0 Å². The van der Waals surface area contributed by atoms with Crippen LogP contribution in [-0.4, -0.2) is 25.0 Å². The zero-order chi connectivity index (χ0) is 23.5. The lowest BCUT2D eigenvalue weighted by atomic mass is 10.1. The summed E-state index contributed by atoms with van der Waals surface area (Å²) in [7, 11) is 0. The van der Waals surface area contributed by atoms with Crippen LogP contribution >= 0.6 is 0 Å². The highest BCUT2D eigenvalue weighted by Gasteiger charge is 2.08. The van der Waals surface area contributed by atoms with Crippen LogP contribution in [0.15, 0.2) is 78.9 Å². The molecular weight excluding hydrogens is 414 g/mol. The minimum Gasteiger partial charge on any atom is -0.491 e. The second kappa shape index (κ2) is 12.3. The maximum absolute atomic E-state index is 12.5. The highest BCUT2D eigenvalue weighted by molar-refractivity contribution is 5.96. The molecule has 0 aliphatic carbocycles. The molecule has 0 aliphatic rings. The fourth-order valence-electron chi connectivity index (χ4n) is 3.18. The monoisotopic (exact) mass is 445 g/mol. The molecule has 0 heterocycles. The number of nitrogens with one attached hydrogen (secondary N) is 3. The topological polar surface area (TPSA) is 79.5 Å². The average Bonchev–Trinajstić information content (AvgIpc) is 2.81. The maximum atomic E-state index is 12.5. The molecule has 0 aliphatic heterocycles. The number of ether oxygens (including phenoxy) is 1. The summed E-state index contributed by atoms with van der Waals surface area (Å²) in [6, 6.07) is 24.6. The highest BCUT2D eigenvalue weighted by atomic mass is 16.5. The normalized spacial score (nSPS) is 10.5. The summed E-state index contributed by atoms with van der Waals surface area (Å²) >= 11 is 0. The van der Waals surface area contributed by atoms with Gasteiger partial charge in [-0.1, -0.05) is 62.4 Å². The fraction of sp³-hybridized carbons (Fsp3) is 0.259. The number of hydrogen-bond donors (Lipinski definition) is 3. The van der Waals surface area contributed by atoms with Crippen molar-refractivity contribution in [1.82, 2.24) is 0 Å². The molecule has 172 valence electrons. The van der Waals surface area contributed by atoms with Gasteiger partial charge in [0.25, 0.3) is 0 Å². The van der Waals surface area contributed by atoms with E-state index < -0.39 is 0 Å². The SMILES string of the molecule is CC(C)COc1ccccc1NCC(=O)Nc1cccc(NC(=O)CCc2ccccc2)c1. The average molecular weight is 446 g/mol. The standard InChI is InChI=1S/C27H31N3O3/c1-20(2)19-33-25-14-7-6-13-24(25)28-18-27(32)30-23-12-8-11-22(17-23)29-26(31)16-15-21-9-4-3-5-10-21/h3-14,17,20,28H,15-16,18-19H2,1-2H3,(H,29,31)(H,30,32). The number of amides is 2. The number of aryl methyl sites for hydroxylation is 1. The Bertz CT molecular complexity index is 1050. The maximum Gasteiger partial charge on any atom is 0.243 e. The van der Waals surface area contributed by atoms with Gasteiger partial charge in [0.05, 0.1) is 18.8 Å². The molecule has 0 saturated carbocycles. The second-order valence-corrected chi connectivity index (χ2v) is 8.22. The summed E-state index contributed by atoms with van der Waals surface area (Å²) in [4.78, 5) is 24.7. The van der Waals surface area contributed by atoms with Gasteiger partial charge in [0.2, 0.25) is 11.8 Å². The van der Waals surface area contributed by atoms with Crippen molar-refractivity contribution in [1.29, 1.82) is 0 Å². The van der Waals surface area contributed by atoms with E-state index in [0.29, 0.717) is 36.7 Å². The minimum atomic E-state index is -0.193. The Labute approximate surface area is 195 Å². The van der Waals surface area contributed by atoms with Crippen LogP contribution in [-0.2, 0) is 16.0 Å². The lowest BCUT2D eigenvalue weighted by Gasteiger charge is -2.14. The van der Waals surface area contributed by atoms with Gasteiger partial charge >= 0.3 is 0 Å². The van der Waals surface area contributed by atoms with Crippen molar-refractivity contribution >= 4 is 28.9 Å². The predicted molar refractivity (Wildman–Crippen MR) is 134 cm³/mol. The molecule has 3 aromatic carbocycles. The van der Waals surface area contributed by atoms with E-state index in [1.165, 1.54) is 0 Å². The summed E-state index contributed by atoms with van der Waals surface area (Å²) in [6.07, 6.45) is 1.07. The van der Waals surface area contributed by atoms with Crippen molar-refractivity contribution in [3.05, 3.63) is 84.4 Å². The van der Waals surface area contributed by atoms with E-state index in [-0.39, 0.29) is 18.4 Å². The van der Waals surface area contributed by atoms with E-state index in [0.717, 1.165) is 17.0 Å². The van der Waals surface area contributed by atoms with Crippen LogP contribution in [0.5, 0.6) is 5.75 Å². The van der Waals surface area contributed by atoms with Crippen LogP contribution in [0, 0.1) is 5.92 Å². The Morgan fingerprint density at radius 2 is 1.48 bits per heavy atom.